The molecule has 0 aliphatic carbocycles. The van der Waals surface area contributed by atoms with Gasteiger partial charge in [-0.25, -0.2) is 0 Å². The highest BCUT2D eigenvalue weighted by molar-refractivity contribution is 5.97. The molecule has 0 rings (SSSR count). The highest BCUT2D eigenvalue weighted by Crippen LogP contribution is 2.14. The summed E-state index contributed by atoms with van der Waals surface area (Å²) in [5.74, 6) is -1.87. The monoisotopic (exact) mass is 272 g/mol. The van der Waals surface area contributed by atoms with Gasteiger partial charge in [-0.05, 0) is 26.7 Å². The largest absolute Gasteiger partial charge is 0.466 e. The molecule has 0 aromatic carbocycles. The summed E-state index contributed by atoms with van der Waals surface area (Å²) >= 11 is 0. The van der Waals surface area contributed by atoms with Gasteiger partial charge in [-0.15, -0.1) is 0 Å². The summed E-state index contributed by atoms with van der Waals surface area (Å²) in [4.78, 5) is 34.5. The first kappa shape index (κ1) is 17.6. The summed E-state index contributed by atoms with van der Waals surface area (Å²) < 4.78 is 10.1. The van der Waals surface area contributed by atoms with Crippen LogP contribution in [0.4, 0.5) is 0 Å². The van der Waals surface area contributed by atoms with Crippen LogP contribution in [0.1, 0.15) is 53.4 Å². The molecule has 2 atom stereocenters. The van der Waals surface area contributed by atoms with Crippen LogP contribution in [0.15, 0.2) is 0 Å². The number of carbonyl (C=O) groups excluding carboxylic acids is 3. The Morgan fingerprint density at radius 2 is 1.74 bits per heavy atom. The fraction of sp³-hybridized carbons (Fsp3) is 0.786. The lowest BCUT2D eigenvalue weighted by Gasteiger charge is -2.19. The van der Waals surface area contributed by atoms with E-state index in [2.05, 4.69) is 0 Å². The van der Waals surface area contributed by atoms with E-state index in [-0.39, 0.29) is 18.2 Å². The highest BCUT2D eigenvalue weighted by atomic mass is 16.6. The maximum Gasteiger partial charge on any atom is 0.316 e. The number of rotatable bonds is 9. The minimum Gasteiger partial charge on any atom is -0.466 e. The normalized spacial score (nSPS) is 13.5. The van der Waals surface area contributed by atoms with Gasteiger partial charge in [0.25, 0.3) is 0 Å². The number of ether oxygens (including phenoxy) is 2. The van der Waals surface area contributed by atoms with Crippen LogP contribution < -0.4 is 0 Å². The van der Waals surface area contributed by atoms with Crippen LogP contribution in [0.2, 0.25) is 0 Å². The first-order valence-corrected chi connectivity index (χ1v) is 6.82. The molecule has 0 aliphatic heterocycles. The fourth-order valence-corrected chi connectivity index (χ4v) is 1.80. The van der Waals surface area contributed by atoms with Crippen LogP contribution in [0.3, 0.4) is 0 Å². The van der Waals surface area contributed by atoms with Crippen molar-refractivity contribution in [3.05, 3.63) is 0 Å². The third kappa shape index (κ3) is 6.94. The molecule has 0 fully saturated rings. The van der Waals surface area contributed by atoms with Gasteiger partial charge in [0.05, 0.1) is 13.0 Å². The van der Waals surface area contributed by atoms with Gasteiger partial charge in [0.1, 0.15) is 17.8 Å². The van der Waals surface area contributed by atoms with Crippen molar-refractivity contribution in [2.75, 3.05) is 6.61 Å². The van der Waals surface area contributed by atoms with E-state index in [0.717, 1.165) is 6.42 Å². The van der Waals surface area contributed by atoms with Gasteiger partial charge in [0.15, 0.2) is 0 Å². The van der Waals surface area contributed by atoms with Crippen molar-refractivity contribution >= 4 is 17.7 Å². The number of esters is 2. The molecule has 110 valence electrons. The Bertz CT molecular complexity index is 311. The van der Waals surface area contributed by atoms with E-state index in [1.807, 2.05) is 6.92 Å². The van der Waals surface area contributed by atoms with Gasteiger partial charge in [0, 0.05) is 0 Å². The maximum absolute atomic E-state index is 11.8. The fourth-order valence-electron chi connectivity index (χ4n) is 1.80. The average Bonchev–Trinajstić information content (AvgIpc) is 2.29. The van der Waals surface area contributed by atoms with Gasteiger partial charge in [-0.3, -0.25) is 14.4 Å². The molecule has 0 aliphatic rings. The lowest BCUT2D eigenvalue weighted by molar-refractivity contribution is -0.160. The molecule has 5 nitrogen and oxygen atoms in total. The van der Waals surface area contributed by atoms with Gasteiger partial charge in [-0.1, -0.05) is 20.3 Å². The number of hydrogen-bond acceptors (Lipinski definition) is 5. The van der Waals surface area contributed by atoms with Gasteiger partial charge >= 0.3 is 11.9 Å². The summed E-state index contributed by atoms with van der Waals surface area (Å²) in [6.07, 6.45) is 1.31. The lowest BCUT2D eigenvalue weighted by atomic mass is 10.0. The Morgan fingerprint density at radius 1 is 1.11 bits per heavy atom. The molecule has 2 unspecified atom stereocenters. The summed E-state index contributed by atoms with van der Waals surface area (Å²) in [7, 11) is 0. The van der Waals surface area contributed by atoms with Crippen molar-refractivity contribution in [1.82, 2.24) is 0 Å². The average molecular weight is 272 g/mol. The van der Waals surface area contributed by atoms with Crippen molar-refractivity contribution in [3.63, 3.8) is 0 Å². The Kier molecular flexibility index (Phi) is 8.83. The maximum atomic E-state index is 11.8. The molecule has 0 N–H and O–H groups in total. The van der Waals surface area contributed by atoms with Crippen LogP contribution in [-0.4, -0.2) is 30.4 Å². The molecule has 0 bridgehead atoms. The van der Waals surface area contributed by atoms with Crippen molar-refractivity contribution < 1.29 is 23.9 Å². The summed E-state index contributed by atoms with van der Waals surface area (Å²) in [6.45, 7) is 7.09. The van der Waals surface area contributed by atoms with Crippen LogP contribution in [0.5, 0.6) is 0 Å². The molecule has 0 saturated heterocycles. The highest BCUT2D eigenvalue weighted by Gasteiger charge is 2.26. The summed E-state index contributed by atoms with van der Waals surface area (Å²) in [5, 5.41) is 0. The first-order valence-electron chi connectivity index (χ1n) is 6.82. The van der Waals surface area contributed by atoms with E-state index in [1.165, 1.54) is 6.92 Å². The quantitative estimate of drug-likeness (QED) is 0.475. The van der Waals surface area contributed by atoms with Gasteiger partial charge < -0.3 is 9.47 Å². The first-order chi connectivity index (χ1) is 8.96. The van der Waals surface area contributed by atoms with Gasteiger partial charge in [-0.2, -0.15) is 0 Å². The Hall–Kier alpha value is -1.39. The van der Waals surface area contributed by atoms with E-state index < -0.39 is 18.0 Å². The minimum atomic E-state index is -0.735. The molecule has 19 heavy (non-hydrogen) atoms. The van der Waals surface area contributed by atoms with Gasteiger partial charge in [0.2, 0.25) is 0 Å². The number of ketones is 1. The van der Waals surface area contributed by atoms with Crippen molar-refractivity contribution in [2.45, 2.75) is 59.5 Å². The molecule has 5 heteroatoms. The zero-order chi connectivity index (χ0) is 14.8. The molecule has 0 spiro atoms. The molecular weight excluding hydrogens is 248 g/mol. The van der Waals surface area contributed by atoms with E-state index >= 15 is 0 Å². The zero-order valence-electron chi connectivity index (χ0n) is 12.2. The standard InChI is InChI=1S/C14H24O5/c1-5-8-11(9-13(16)18-7-3)19-14(17)12(6-2)10(4)15/h11-12H,5-9H2,1-4H3. The van der Waals surface area contributed by atoms with E-state index in [4.69, 9.17) is 9.47 Å². The third-order valence-electron chi connectivity index (χ3n) is 2.78. The predicted octanol–water partition coefficient (Wildman–Crippen LogP) is 2.27. The molecule has 0 amide bonds. The van der Waals surface area contributed by atoms with Crippen LogP contribution in [0.25, 0.3) is 0 Å². The lowest BCUT2D eigenvalue weighted by Crippen LogP contribution is -2.29. The number of Topliss-reactive ketones (excluding diaryl/α,β-unsaturated/α-hetero) is 1. The van der Waals surface area contributed by atoms with Crippen molar-refractivity contribution in [3.8, 4) is 0 Å². The van der Waals surface area contributed by atoms with Crippen LogP contribution in [0, 0.1) is 5.92 Å². The van der Waals surface area contributed by atoms with Crippen LogP contribution in [-0.2, 0) is 23.9 Å². The van der Waals surface area contributed by atoms with Crippen molar-refractivity contribution in [2.24, 2.45) is 5.92 Å². The summed E-state index contributed by atoms with van der Waals surface area (Å²) in [6, 6.07) is 0. The molecule has 0 aromatic heterocycles. The minimum absolute atomic E-state index is 0.0434. The predicted molar refractivity (Wildman–Crippen MR) is 70.5 cm³/mol. The number of carbonyl (C=O) groups is 3. The molecular formula is C14H24O5. The summed E-state index contributed by atoms with van der Waals surface area (Å²) in [5.41, 5.74) is 0. The molecule has 0 heterocycles. The van der Waals surface area contributed by atoms with Crippen LogP contribution >= 0.6 is 0 Å². The third-order valence-corrected chi connectivity index (χ3v) is 2.78. The molecule has 0 saturated carbocycles. The Balaban J connectivity index is 4.51. The van der Waals surface area contributed by atoms with E-state index in [1.54, 1.807) is 13.8 Å². The van der Waals surface area contributed by atoms with E-state index in [9.17, 15) is 14.4 Å². The molecule has 0 radical (unpaired) electrons. The van der Waals surface area contributed by atoms with E-state index in [0.29, 0.717) is 19.4 Å². The molecule has 0 aromatic rings. The second-order valence-electron chi connectivity index (χ2n) is 4.43. The zero-order valence-corrected chi connectivity index (χ0v) is 12.2. The van der Waals surface area contributed by atoms with Crippen molar-refractivity contribution in [1.29, 1.82) is 0 Å². The topological polar surface area (TPSA) is 69.7 Å². The second kappa shape index (κ2) is 9.53. The second-order valence-corrected chi connectivity index (χ2v) is 4.43. The Morgan fingerprint density at radius 3 is 2.16 bits per heavy atom. The Labute approximate surface area is 114 Å². The number of hydrogen-bond donors (Lipinski definition) is 0. The SMILES string of the molecule is CCCC(CC(=O)OCC)OC(=O)C(CC)C(C)=O. The smallest absolute Gasteiger partial charge is 0.316 e.